The van der Waals surface area contributed by atoms with Gasteiger partial charge in [-0.25, -0.2) is 0 Å². The molecule has 1 N–H and O–H groups in total. The van der Waals surface area contributed by atoms with Gasteiger partial charge in [-0.3, -0.25) is 14.4 Å². The second-order valence-corrected chi connectivity index (χ2v) is 7.21. The van der Waals surface area contributed by atoms with Crippen molar-refractivity contribution in [3.05, 3.63) is 54.0 Å². The van der Waals surface area contributed by atoms with Crippen molar-refractivity contribution < 1.29 is 28.4 Å². The van der Waals surface area contributed by atoms with Gasteiger partial charge in [0.05, 0.1) is 40.1 Å². The molecule has 0 saturated carbocycles. The van der Waals surface area contributed by atoms with Gasteiger partial charge in [-0.05, 0) is 29.8 Å². The molecule has 2 heterocycles. The maximum absolute atomic E-state index is 13.0. The Kier molecular flexibility index (Phi) is 5.94. The summed E-state index contributed by atoms with van der Waals surface area (Å²) >= 11 is 0. The first-order chi connectivity index (χ1) is 13.4. The molecule has 2 unspecified atom stereocenters. The molecule has 0 radical (unpaired) electrons. The van der Waals surface area contributed by atoms with Crippen LogP contribution in [0.3, 0.4) is 0 Å². The second kappa shape index (κ2) is 8.39. The molecule has 7 nitrogen and oxygen atoms in total. The molecule has 2 atom stereocenters. The van der Waals surface area contributed by atoms with Crippen LogP contribution in [-0.2, 0) is 9.59 Å². The molecule has 1 saturated heterocycles. The summed E-state index contributed by atoms with van der Waals surface area (Å²) in [5.74, 6) is -2.12. The van der Waals surface area contributed by atoms with E-state index in [1.165, 1.54) is 22.1 Å². The van der Waals surface area contributed by atoms with Crippen LogP contribution in [0.15, 0.2) is 47.1 Å². The number of benzene rings is 1. The number of hydrogen-bond donors (Lipinski definition) is 1. The fraction of sp³-hybridized carbons (Fsp3) is 0.381. The highest BCUT2D eigenvalue weighted by Gasteiger charge is 2.52. The van der Waals surface area contributed by atoms with Crippen LogP contribution in [0.2, 0.25) is 0 Å². The first kappa shape index (κ1) is 19.8. The van der Waals surface area contributed by atoms with Gasteiger partial charge in [-0.2, -0.15) is 0 Å². The van der Waals surface area contributed by atoms with E-state index >= 15 is 0 Å². The number of furan rings is 1. The first-order valence-electron chi connectivity index (χ1n) is 9.29. The largest absolute Gasteiger partial charge is 0.497 e. The van der Waals surface area contributed by atoms with Gasteiger partial charge in [-0.15, -0.1) is 0 Å². The summed E-state index contributed by atoms with van der Waals surface area (Å²) in [5.41, 5.74) is 0.724. The van der Waals surface area contributed by atoms with E-state index in [1.807, 2.05) is 14.1 Å². The average Bonchev–Trinajstić information content (AvgIpc) is 3.30. The molecular weight excluding hydrogens is 360 g/mol. The van der Waals surface area contributed by atoms with Crippen molar-refractivity contribution >= 4 is 17.5 Å². The Morgan fingerprint density at radius 3 is 2.46 bits per heavy atom. The van der Waals surface area contributed by atoms with Crippen molar-refractivity contribution in [2.24, 2.45) is 5.92 Å². The van der Waals surface area contributed by atoms with Crippen LogP contribution in [0.5, 0.6) is 5.75 Å². The number of amides is 1. The molecule has 1 aliphatic rings. The minimum Gasteiger partial charge on any atom is -0.497 e. The summed E-state index contributed by atoms with van der Waals surface area (Å²) in [7, 11) is 5.62. The number of methoxy groups -OCH3 is 1. The summed E-state index contributed by atoms with van der Waals surface area (Å²) in [4.78, 5) is 41.3. The van der Waals surface area contributed by atoms with Crippen molar-refractivity contribution in [2.45, 2.75) is 12.5 Å². The monoisotopic (exact) mass is 385 g/mol. The van der Waals surface area contributed by atoms with Crippen LogP contribution in [-0.4, -0.2) is 56.7 Å². The number of Topliss-reactive ketones (excluding diaryl/α,β-unsaturated/α-hetero) is 2. The van der Waals surface area contributed by atoms with E-state index in [0.717, 1.165) is 18.5 Å². The number of carbonyl (C=O) groups excluding carboxylic acids is 3. The predicted octanol–water partition coefficient (Wildman–Crippen LogP) is 0.774. The van der Waals surface area contributed by atoms with E-state index in [1.54, 1.807) is 37.4 Å². The molecule has 1 aliphatic heterocycles. The average molecular weight is 385 g/mol. The molecule has 148 valence electrons. The van der Waals surface area contributed by atoms with Crippen LogP contribution < -0.4 is 9.64 Å². The molecule has 2 aromatic rings. The molecule has 0 spiro atoms. The standard InChI is InChI=1S/C21H24N2O5/c1-22(2)11-5-12-23-18(14-7-9-15(27-3)10-8-14)17(20(25)21(23)26)19(24)16-6-4-13-28-16/h4,6-10,13,17-18H,5,11-12H2,1-3H3/p+1. The summed E-state index contributed by atoms with van der Waals surface area (Å²) < 4.78 is 10.4. The highest BCUT2D eigenvalue weighted by atomic mass is 16.5. The lowest BCUT2D eigenvalue weighted by molar-refractivity contribution is -0.858. The number of nitrogens with one attached hydrogen (secondary N) is 1. The molecule has 1 fully saturated rings. The summed E-state index contributed by atoms with van der Waals surface area (Å²) in [5, 5.41) is 0. The zero-order valence-corrected chi connectivity index (χ0v) is 16.3. The number of rotatable bonds is 8. The van der Waals surface area contributed by atoms with Crippen LogP contribution in [0, 0.1) is 5.92 Å². The Morgan fingerprint density at radius 1 is 1.18 bits per heavy atom. The van der Waals surface area contributed by atoms with E-state index in [9.17, 15) is 14.4 Å². The number of nitrogens with zero attached hydrogens (tertiary/aromatic N) is 1. The lowest BCUT2D eigenvalue weighted by atomic mass is 9.88. The Bertz CT molecular complexity index is 842. The molecule has 1 amide bonds. The molecule has 3 rings (SSSR count). The Morgan fingerprint density at radius 2 is 1.89 bits per heavy atom. The van der Waals surface area contributed by atoms with Crippen molar-refractivity contribution in [1.29, 1.82) is 0 Å². The Hall–Kier alpha value is -2.93. The molecule has 1 aromatic heterocycles. The second-order valence-electron chi connectivity index (χ2n) is 7.21. The zero-order valence-electron chi connectivity index (χ0n) is 16.3. The van der Waals surface area contributed by atoms with Gasteiger partial charge in [-0.1, -0.05) is 12.1 Å². The maximum Gasteiger partial charge on any atom is 0.291 e. The minimum atomic E-state index is -1.11. The van der Waals surface area contributed by atoms with E-state index in [2.05, 4.69) is 0 Å². The molecule has 0 bridgehead atoms. The quantitative estimate of drug-likeness (QED) is 0.413. The molecular formula is C21H25N2O5+. The molecule has 7 heteroatoms. The zero-order chi connectivity index (χ0) is 20.3. The van der Waals surface area contributed by atoms with Gasteiger partial charge in [0.25, 0.3) is 5.91 Å². The van der Waals surface area contributed by atoms with Crippen LogP contribution in [0.25, 0.3) is 0 Å². The topological polar surface area (TPSA) is 81.3 Å². The van der Waals surface area contributed by atoms with Crippen molar-refractivity contribution in [2.75, 3.05) is 34.3 Å². The smallest absolute Gasteiger partial charge is 0.291 e. The number of ketones is 2. The van der Waals surface area contributed by atoms with Gasteiger partial charge in [0.1, 0.15) is 11.7 Å². The van der Waals surface area contributed by atoms with Crippen LogP contribution >= 0.6 is 0 Å². The Balaban J connectivity index is 1.96. The maximum atomic E-state index is 13.0. The molecule has 0 aliphatic carbocycles. The van der Waals surface area contributed by atoms with Crippen LogP contribution in [0.1, 0.15) is 28.6 Å². The normalized spacial score (nSPS) is 19.5. The summed E-state index contributed by atoms with van der Waals surface area (Å²) in [6.07, 6.45) is 2.12. The number of carbonyl (C=O) groups is 3. The van der Waals surface area contributed by atoms with Crippen molar-refractivity contribution in [1.82, 2.24) is 4.90 Å². The van der Waals surface area contributed by atoms with E-state index in [-0.39, 0.29) is 5.76 Å². The summed E-state index contributed by atoms with van der Waals surface area (Å²) in [6, 6.07) is 9.57. The third kappa shape index (κ3) is 3.84. The lowest BCUT2D eigenvalue weighted by Gasteiger charge is -2.27. The first-order valence-corrected chi connectivity index (χ1v) is 9.29. The minimum absolute atomic E-state index is 0.0873. The Labute approximate surface area is 163 Å². The number of quaternary nitrogens is 1. The third-order valence-corrected chi connectivity index (χ3v) is 4.99. The van der Waals surface area contributed by atoms with Crippen molar-refractivity contribution in [3.8, 4) is 5.75 Å². The van der Waals surface area contributed by atoms with Crippen LogP contribution in [0.4, 0.5) is 0 Å². The van der Waals surface area contributed by atoms with E-state index in [4.69, 9.17) is 9.15 Å². The fourth-order valence-corrected chi connectivity index (χ4v) is 3.58. The van der Waals surface area contributed by atoms with E-state index in [0.29, 0.717) is 12.3 Å². The highest BCUT2D eigenvalue weighted by Crippen LogP contribution is 2.38. The summed E-state index contributed by atoms with van der Waals surface area (Å²) in [6.45, 7) is 1.26. The number of ether oxygens (including phenoxy) is 1. The molecule has 28 heavy (non-hydrogen) atoms. The third-order valence-electron chi connectivity index (χ3n) is 4.99. The van der Waals surface area contributed by atoms with Crippen molar-refractivity contribution in [3.63, 3.8) is 0 Å². The predicted molar refractivity (Wildman–Crippen MR) is 101 cm³/mol. The van der Waals surface area contributed by atoms with Gasteiger partial charge in [0.2, 0.25) is 11.6 Å². The van der Waals surface area contributed by atoms with Gasteiger partial charge >= 0.3 is 0 Å². The lowest BCUT2D eigenvalue weighted by Crippen LogP contribution is -3.05. The SMILES string of the molecule is COc1ccc(C2C(C(=O)c3ccco3)C(=O)C(=O)N2CCC[NH+](C)C)cc1. The van der Waals surface area contributed by atoms with Gasteiger partial charge < -0.3 is 19.0 Å². The van der Waals surface area contributed by atoms with Gasteiger partial charge in [0, 0.05) is 13.0 Å². The number of hydrogen-bond acceptors (Lipinski definition) is 5. The fourth-order valence-electron chi connectivity index (χ4n) is 3.58. The number of likely N-dealkylation sites (tertiary alicyclic amines) is 1. The molecule has 1 aromatic carbocycles. The van der Waals surface area contributed by atoms with Gasteiger partial charge in [0.15, 0.2) is 5.76 Å². The highest BCUT2D eigenvalue weighted by molar-refractivity contribution is 6.43. The van der Waals surface area contributed by atoms with E-state index < -0.39 is 29.4 Å².